The molecule has 0 saturated carbocycles. The maximum absolute atomic E-state index is 12.9. The lowest BCUT2D eigenvalue weighted by Gasteiger charge is -2.24. The van der Waals surface area contributed by atoms with Crippen molar-refractivity contribution in [1.82, 2.24) is 25.1 Å². The van der Waals surface area contributed by atoms with E-state index in [1.165, 1.54) is 11.8 Å². The van der Waals surface area contributed by atoms with Crippen LogP contribution in [0, 0.1) is 0 Å². The summed E-state index contributed by atoms with van der Waals surface area (Å²) in [4.78, 5) is 14.8. The van der Waals surface area contributed by atoms with E-state index in [0.717, 1.165) is 17.0 Å². The van der Waals surface area contributed by atoms with Crippen molar-refractivity contribution in [3.05, 3.63) is 60.2 Å². The number of methoxy groups -OCH3 is 1. The van der Waals surface area contributed by atoms with Crippen LogP contribution < -0.4 is 4.74 Å². The zero-order valence-electron chi connectivity index (χ0n) is 16.1. The fourth-order valence-electron chi connectivity index (χ4n) is 2.75. The standard InChI is InChI=1S/C20H23N5O2S/c1-4-24(14-16-8-6-5-7-9-16)19(26)15(2)28-20-21-22-23-25(20)17-10-12-18(27-3)13-11-17/h5-13,15H,4,14H2,1-3H3. The Hall–Kier alpha value is -2.87. The first-order chi connectivity index (χ1) is 13.6. The zero-order chi connectivity index (χ0) is 19.9. The highest BCUT2D eigenvalue weighted by Crippen LogP contribution is 2.25. The Labute approximate surface area is 168 Å². The van der Waals surface area contributed by atoms with E-state index < -0.39 is 0 Å². The molecule has 0 bridgehead atoms. The minimum Gasteiger partial charge on any atom is -0.497 e. The number of tetrazole rings is 1. The summed E-state index contributed by atoms with van der Waals surface area (Å²) in [5.41, 5.74) is 1.92. The maximum atomic E-state index is 12.9. The average molecular weight is 398 g/mol. The van der Waals surface area contributed by atoms with Crippen LogP contribution in [-0.2, 0) is 11.3 Å². The van der Waals surface area contributed by atoms with E-state index in [-0.39, 0.29) is 11.2 Å². The highest BCUT2D eigenvalue weighted by molar-refractivity contribution is 8.00. The summed E-state index contributed by atoms with van der Waals surface area (Å²) in [5.74, 6) is 0.815. The lowest BCUT2D eigenvalue weighted by Crippen LogP contribution is -2.36. The number of carbonyl (C=O) groups is 1. The van der Waals surface area contributed by atoms with Gasteiger partial charge in [-0.1, -0.05) is 42.1 Å². The zero-order valence-corrected chi connectivity index (χ0v) is 17.0. The molecule has 0 radical (unpaired) electrons. The summed E-state index contributed by atoms with van der Waals surface area (Å²) in [6.45, 7) is 5.10. The Morgan fingerprint density at radius 3 is 2.54 bits per heavy atom. The number of carbonyl (C=O) groups excluding carboxylic acids is 1. The van der Waals surface area contributed by atoms with Gasteiger partial charge < -0.3 is 9.64 Å². The van der Waals surface area contributed by atoms with Crippen molar-refractivity contribution >= 4 is 17.7 Å². The highest BCUT2D eigenvalue weighted by atomic mass is 32.2. The van der Waals surface area contributed by atoms with Crippen molar-refractivity contribution in [3.8, 4) is 11.4 Å². The summed E-state index contributed by atoms with van der Waals surface area (Å²) >= 11 is 1.35. The minimum absolute atomic E-state index is 0.0561. The molecule has 0 aliphatic rings. The molecule has 0 saturated heterocycles. The van der Waals surface area contributed by atoms with Gasteiger partial charge in [-0.15, -0.1) is 5.10 Å². The largest absolute Gasteiger partial charge is 0.497 e. The summed E-state index contributed by atoms with van der Waals surface area (Å²) in [6.07, 6.45) is 0. The number of benzene rings is 2. The molecule has 146 valence electrons. The number of aromatic nitrogens is 4. The van der Waals surface area contributed by atoms with E-state index >= 15 is 0 Å². The van der Waals surface area contributed by atoms with Crippen LogP contribution in [0.1, 0.15) is 19.4 Å². The SMILES string of the molecule is CCN(Cc1ccccc1)C(=O)C(C)Sc1nnnn1-c1ccc(OC)cc1. The third-order valence-corrected chi connectivity index (χ3v) is 5.32. The highest BCUT2D eigenvalue weighted by Gasteiger charge is 2.23. The number of thioether (sulfide) groups is 1. The molecule has 1 aromatic heterocycles. The monoisotopic (exact) mass is 397 g/mol. The van der Waals surface area contributed by atoms with Crippen molar-refractivity contribution < 1.29 is 9.53 Å². The van der Waals surface area contributed by atoms with E-state index in [1.807, 2.05) is 73.3 Å². The van der Waals surface area contributed by atoms with Gasteiger partial charge in [0.15, 0.2) is 0 Å². The summed E-state index contributed by atoms with van der Waals surface area (Å²) in [5, 5.41) is 12.2. The van der Waals surface area contributed by atoms with Crippen molar-refractivity contribution in [2.45, 2.75) is 30.8 Å². The molecule has 1 unspecified atom stereocenters. The van der Waals surface area contributed by atoms with Crippen LogP contribution in [0.2, 0.25) is 0 Å². The summed E-state index contributed by atoms with van der Waals surface area (Å²) in [6, 6.07) is 17.4. The Kier molecular flexibility index (Phi) is 6.65. The molecule has 0 aliphatic carbocycles. The van der Waals surface area contributed by atoms with Crippen LogP contribution in [0.25, 0.3) is 5.69 Å². The molecule has 8 heteroatoms. The average Bonchev–Trinajstić information content (AvgIpc) is 3.20. The second-order valence-corrected chi connectivity index (χ2v) is 7.48. The fraction of sp³-hybridized carbons (Fsp3) is 0.300. The van der Waals surface area contributed by atoms with Crippen molar-refractivity contribution in [3.63, 3.8) is 0 Å². The van der Waals surface area contributed by atoms with Crippen LogP contribution in [0.15, 0.2) is 59.8 Å². The Morgan fingerprint density at radius 1 is 1.18 bits per heavy atom. The van der Waals surface area contributed by atoms with Gasteiger partial charge in [0.05, 0.1) is 18.0 Å². The number of rotatable bonds is 8. The van der Waals surface area contributed by atoms with E-state index in [0.29, 0.717) is 18.2 Å². The number of hydrogen-bond acceptors (Lipinski definition) is 6. The fourth-order valence-corrected chi connectivity index (χ4v) is 3.64. The predicted octanol–water partition coefficient (Wildman–Crippen LogP) is 3.20. The van der Waals surface area contributed by atoms with Crippen molar-refractivity contribution in [2.75, 3.05) is 13.7 Å². The first kappa shape index (κ1) is 19.9. The number of nitrogens with zero attached hydrogens (tertiary/aromatic N) is 5. The van der Waals surface area contributed by atoms with Gasteiger partial charge in [0.1, 0.15) is 5.75 Å². The molecular weight excluding hydrogens is 374 g/mol. The first-order valence-electron chi connectivity index (χ1n) is 9.04. The molecule has 2 aromatic carbocycles. The van der Waals surface area contributed by atoms with Crippen LogP contribution in [0.4, 0.5) is 0 Å². The molecule has 28 heavy (non-hydrogen) atoms. The third kappa shape index (κ3) is 4.69. The first-order valence-corrected chi connectivity index (χ1v) is 9.92. The second-order valence-electron chi connectivity index (χ2n) is 6.17. The van der Waals surface area contributed by atoms with Gasteiger partial charge in [-0.3, -0.25) is 4.79 Å². The molecule has 3 rings (SSSR count). The van der Waals surface area contributed by atoms with E-state index in [2.05, 4.69) is 15.5 Å². The van der Waals surface area contributed by atoms with Crippen molar-refractivity contribution in [1.29, 1.82) is 0 Å². The van der Waals surface area contributed by atoms with Gasteiger partial charge in [0.25, 0.3) is 0 Å². The van der Waals surface area contributed by atoms with E-state index in [4.69, 9.17) is 4.74 Å². The molecule has 1 atom stereocenters. The summed E-state index contributed by atoms with van der Waals surface area (Å²) < 4.78 is 6.81. The second kappa shape index (κ2) is 9.36. The van der Waals surface area contributed by atoms with Gasteiger partial charge >= 0.3 is 0 Å². The molecule has 3 aromatic rings. The third-order valence-electron chi connectivity index (χ3n) is 4.30. The number of ether oxygens (including phenoxy) is 1. The molecule has 0 aliphatic heterocycles. The van der Waals surface area contributed by atoms with Gasteiger partial charge in [0, 0.05) is 13.1 Å². The lowest BCUT2D eigenvalue weighted by atomic mass is 10.2. The number of hydrogen-bond donors (Lipinski definition) is 0. The van der Waals surface area contributed by atoms with Gasteiger partial charge in [0.2, 0.25) is 11.1 Å². The Balaban J connectivity index is 1.71. The van der Waals surface area contributed by atoms with Gasteiger partial charge in [-0.05, 0) is 54.1 Å². The molecule has 0 spiro atoms. The van der Waals surface area contributed by atoms with Crippen LogP contribution in [0.3, 0.4) is 0 Å². The van der Waals surface area contributed by atoms with E-state index in [1.54, 1.807) is 11.8 Å². The lowest BCUT2D eigenvalue weighted by molar-refractivity contribution is -0.130. The molecular formula is C20H23N5O2S. The normalized spacial score (nSPS) is 11.8. The molecule has 7 nitrogen and oxygen atoms in total. The van der Waals surface area contributed by atoms with E-state index in [9.17, 15) is 4.79 Å². The maximum Gasteiger partial charge on any atom is 0.236 e. The van der Waals surface area contributed by atoms with Crippen LogP contribution in [0.5, 0.6) is 5.75 Å². The summed E-state index contributed by atoms with van der Waals surface area (Å²) in [7, 11) is 1.62. The van der Waals surface area contributed by atoms with Gasteiger partial charge in [-0.25, -0.2) is 0 Å². The Bertz CT molecular complexity index is 898. The molecule has 1 heterocycles. The van der Waals surface area contributed by atoms with Gasteiger partial charge in [-0.2, -0.15) is 4.68 Å². The molecule has 0 N–H and O–H groups in total. The predicted molar refractivity (Wildman–Crippen MR) is 109 cm³/mol. The van der Waals surface area contributed by atoms with Crippen LogP contribution >= 0.6 is 11.8 Å². The molecule has 0 fully saturated rings. The number of amides is 1. The quantitative estimate of drug-likeness (QED) is 0.544. The topological polar surface area (TPSA) is 73.1 Å². The Morgan fingerprint density at radius 2 is 1.89 bits per heavy atom. The smallest absolute Gasteiger partial charge is 0.236 e. The van der Waals surface area contributed by atoms with Crippen molar-refractivity contribution in [2.24, 2.45) is 0 Å². The minimum atomic E-state index is -0.313. The van der Waals surface area contributed by atoms with Crippen LogP contribution in [-0.4, -0.2) is 49.9 Å². The molecule has 1 amide bonds.